The zero-order valence-electron chi connectivity index (χ0n) is 13.1. The highest BCUT2D eigenvalue weighted by Crippen LogP contribution is 2.28. The van der Waals surface area contributed by atoms with Gasteiger partial charge in [0.1, 0.15) is 11.9 Å². The van der Waals surface area contributed by atoms with E-state index in [0.29, 0.717) is 22.8 Å². The summed E-state index contributed by atoms with van der Waals surface area (Å²) in [6.07, 6.45) is 0.712. The van der Waals surface area contributed by atoms with Crippen molar-refractivity contribution in [2.24, 2.45) is 0 Å². The zero-order chi connectivity index (χ0) is 17.3. The molecule has 1 atom stereocenters. The molecule has 0 aromatic heterocycles. The Labute approximate surface area is 144 Å². The lowest BCUT2D eigenvalue weighted by molar-refractivity contribution is -0.120. The molecule has 24 heavy (non-hydrogen) atoms. The highest BCUT2D eigenvalue weighted by molar-refractivity contribution is 6.30. The number of carbonyl (C=O) groups is 2. The summed E-state index contributed by atoms with van der Waals surface area (Å²) < 4.78 is 13.1. The number of nitrogens with one attached hydrogen (secondary N) is 1. The van der Waals surface area contributed by atoms with Crippen LogP contribution in [0.3, 0.4) is 0 Å². The Morgan fingerprint density at radius 2 is 1.96 bits per heavy atom. The summed E-state index contributed by atoms with van der Waals surface area (Å²) in [4.78, 5) is 26.2. The van der Waals surface area contributed by atoms with E-state index in [2.05, 4.69) is 5.32 Å². The van der Waals surface area contributed by atoms with E-state index < -0.39 is 6.04 Å². The second-order valence-corrected chi connectivity index (χ2v) is 6.18. The number of halogens is 2. The van der Waals surface area contributed by atoms with Gasteiger partial charge in [-0.3, -0.25) is 14.5 Å². The van der Waals surface area contributed by atoms with E-state index in [1.54, 1.807) is 18.2 Å². The van der Waals surface area contributed by atoms with Gasteiger partial charge in [-0.2, -0.15) is 0 Å². The first-order valence-corrected chi connectivity index (χ1v) is 7.98. The minimum absolute atomic E-state index is 0.144. The normalized spacial score (nSPS) is 17.2. The van der Waals surface area contributed by atoms with Gasteiger partial charge in [-0.25, -0.2) is 4.39 Å². The number of rotatable bonds is 3. The van der Waals surface area contributed by atoms with Gasteiger partial charge in [0.15, 0.2) is 0 Å². The molecule has 0 saturated carbocycles. The van der Waals surface area contributed by atoms with Crippen molar-refractivity contribution >= 4 is 34.8 Å². The fraction of sp³-hybridized carbons (Fsp3) is 0.222. The first-order chi connectivity index (χ1) is 11.5. The van der Waals surface area contributed by atoms with E-state index in [9.17, 15) is 14.0 Å². The standard InChI is InChI=1S/C18H16ClFN2O2/c1-11-10-12(19)2-7-15(11)21-18(24)16-8-9-17(23)22(16)14-5-3-13(20)4-6-14/h2-7,10,16H,8-9H2,1H3,(H,21,24). The molecule has 2 amide bonds. The zero-order valence-corrected chi connectivity index (χ0v) is 13.8. The van der Waals surface area contributed by atoms with Gasteiger partial charge in [0, 0.05) is 22.8 Å². The van der Waals surface area contributed by atoms with Crippen molar-refractivity contribution < 1.29 is 14.0 Å². The maximum absolute atomic E-state index is 13.1. The molecule has 1 aliphatic heterocycles. The fourth-order valence-electron chi connectivity index (χ4n) is 2.84. The Hall–Kier alpha value is -2.40. The van der Waals surface area contributed by atoms with Gasteiger partial charge in [0.25, 0.3) is 0 Å². The van der Waals surface area contributed by atoms with E-state index in [4.69, 9.17) is 11.6 Å². The lowest BCUT2D eigenvalue weighted by Gasteiger charge is -2.24. The largest absolute Gasteiger partial charge is 0.324 e. The lowest BCUT2D eigenvalue weighted by Crippen LogP contribution is -2.41. The Kier molecular flexibility index (Phi) is 4.53. The molecule has 1 fully saturated rings. The summed E-state index contributed by atoms with van der Waals surface area (Å²) in [6, 6.07) is 10.1. The van der Waals surface area contributed by atoms with Crippen molar-refractivity contribution in [1.82, 2.24) is 0 Å². The predicted molar refractivity (Wildman–Crippen MR) is 91.7 cm³/mol. The summed E-state index contributed by atoms with van der Waals surface area (Å²) in [5, 5.41) is 3.44. The molecule has 0 aliphatic carbocycles. The summed E-state index contributed by atoms with van der Waals surface area (Å²) in [7, 11) is 0. The molecule has 3 rings (SSSR count). The van der Waals surface area contributed by atoms with Crippen LogP contribution in [0.1, 0.15) is 18.4 Å². The minimum atomic E-state index is -0.613. The first-order valence-electron chi connectivity index (χ1n) is 7.60. The van der Waals surface area contributed by atoms with E-state index in [0.717, 1.165) is 5.56 Å². The summed E-state index contributed by atoms with van der Waals surface area (Å²) in [6.45, 7) is 1.85. The van der Waals surface area contributed by atoms with Crippen LogP contribution < -0.4 is 10.2 Å². The number of carbonyl (C=O) groups excluding carboxylic acids is 2. The van der Waals surface area contributed by atoms with Crippen LogP contribution >= 0.6 is 11.6 Å². The Morgan fingerprint density at radius 1 is 1.25 bits per heavy atom. The number of aryl methyl sites for hydroxylation is 1. The van der Waals surface area contributed by atoms with Crippen molar-refractivity contribution in [2.45, 2.75) is 25.8 Å². The average molecular weight is 347 g/mol. The van der Waals surface area contributed by atoms with Gasteiger partial charge in [-0.15, -0.1) is 0 Å². The molecule has 2 aromatic rings. The smallest absolute Gasteiger partial charge is 0.247 e. The van der Waals surface area contributed by atoms with Crippen LogP contribution in [0.2, 0.25) is 5.02 Å². The van der Waals surface area contributed by atoms with Crippen LogP contribution in [0.5, 0.6) is 0 Å². The molecular formula is C18H16ClFN2O2. The average Bonchev–Trinajstić information content (AvgIpc) is 2.93. The van der Waals surface area contributed by atoms with Crippen LogP contribution in [0.4, 0.5) is 15.8 Å². The van der Waals surface area contributed by atoms with Gasteiger partial charge in [-0.1, -0.05) is 11.6 Å². The van der Waals surface area contributed by atoms with Gasteiger partial charge in [-0.05, 0) is 61.4 Å². The van der Waals surface area contributed by atoms with E-state index >= 15 is 0 Å². The Morgan fingerprint density at radius 3 is 2.62 bits per heavy atom. The fourth-order valence-corrected chi connectivity index (χ4v) is 3.07. The molecule has 4 nitrogen and oxygen atoms in total. The topological polar surface area (TPSA) is 49.4 Å². The number of benzene rings is 2. The second-order valence-electron chi connectivity index (χ2n) is 5.74. The highest BCUT2D eigenvalue weighted by Gasteiger charge is 2.37. The van der Waals surface area contributed by atoms with E-state index in [1.807, 2.05) is 6.92 Å². The van der Waals surface area contributed by atoms with E-state index in [-0.39, 0.29) is 24.1 Å². The van der Waals surface area contributed by atoms with E-state index in [1.165, 1.54) is 29.2 Å². The molecule has 1 N–H and O–H groups in total. The van der Waals surface area contributed by atoms with Crippen LogP contribution in [0, 0.1) is 12.7 Å². The summed E-state index contributed by atoms with van der Waals surface area (Å²) >= 11 is 5.92. The molecule has 1 unspecified atom stereocenters. The number of hydrogen-bond donors (Lipinski definition) is 1. The highest BCUT2D eigenvalue weighted by atomic mass is 35.5. The summed E-state index contributed by atoms with van der Waals surface area (Å²) in [5.74, 6) is -0.798. The number of anilines is 2. The van der Waals surface area contributed by atoms with Crippen molar-refractivity contribution in [2.75, 3.05) is 10.2 Å². The van der Waals surface area contributed by atoms with Gasteiger partial charge < -0.3 is 5.32 Å². The van der Waals surface area contributed by atoms with Gasteiger partial charge >= 0.3 is 0 Å². The van der Waals surface area contributed by atoms with Crippen molar-refractivity contribution in [3.8, 4) is 0 Å². The number of amides is 2. The second kappa shape index (κ2) is 6.61. The number of hydrogen-bond acceptors (Lipinski definition) is 2. The van der Waals surface area contributed by atoms with Crippen LogP contribution in [0.15, 0.2) is 42.5 Å². The number of nitrogens with zero attached hydrogens (tertiary/aromatic N) is 1. The van der Waals surface area contributed by atoms with Crippen LogP contribution in [0.25, 0.3) is 0 Å². The van der Waals surface area contributed by atoms with Gasteiger partial charge in [0.2, 0.25) is 11.8 Å². The third kappa shape index (κ3) is 3.26. The van der Waals surface area contributed by atoms with Crippen molar-refractivity contribution in [3.63, 3.8) is 0 Å². The summed E-state index contributed by atoms with van der Waals surface area (Å²) in [5.41, 5.74) is 2.02. The molecule has 1 heterocycles. The molecule has 124 valence electrons. The third-order valence-electron chi connectivity index (χ3n) is 4.07. The van der Waals surface area contributed by atoms with Crippen molar-refractivity contribution in [3.05, 3.63) is 58.9 Å². The molecule has 1 aliphatic rings. The Balaban J connectivity index is 1.82. The predicted octanol–water partition coefficient (Wildman–Crippen LogP) is 3.92. The molecular weight excluding hydrogens is 331 g/mol. The quantitative estimate of drug-likeness (QED) is 0.915. The molecule has 0 bridgehead atoms. The molecule has 0 spiro atoms. The van der Waals surface area contributed by atoms with Crippen molar-refractivity contribution in [1.29, 1.82) is 0 Å². The van der Waals surface area contributed by atoms with Crippen LogP contribution in [-0.4, -0.2) is 17.9 Å². The maximum Gasteiger partial charge on any atom is 0.247 e. The molecule has 1 saturated heterocycles. The Bertz CT molecular complexity index is 792. The molecule has 0 radical (unpaired) electrons. The SMILES string of the molecule is Cc1cc(Cl)ccc1NC(=O)C1CCC(=O)N1c1ccc(F)cc1. The third-order valence-corrected chi connectivity index (χ3v) is 4.30. The van der Waals surface area contributed by atoms with Crippen LogP contribution in [-0.2, 0) is 9.59 Å². The van der Waals surface area contributed by atoms with Gasteiger partial charge in [0.05, 0.1) is 0 Å². The first kappa shape index (κ1) is 16.5. The maximum atomic E-state index is 13.1. The minimum Gasteiger partial charge on any atom is -0.324 e. The monoisotopic (exact) mass is 346 g/mol. The molecule has 2 aromatic carbocycles. The lowest BCUT2D eigenvalue weighted by atomic mass is 10.1. The molecule has 6 heteroatoms.